The van der Waals surface area contributed by atoms with E-state index in [9.17, 15) is 4.79 Å². The fourth-order valence-electron chi connectivity index (χ4n) is 3.49. The fraction of sp³-hybridized carbons (Fsp3) is 0.611. The summed E-state index contributed by atoms with van der Waals surface area (Å²) in [5.74, 6) is 0.256. The van der Waals surface area contributed by atoms with Gasteiger partial charge in [-0.3, -0.25) is 9.69 Å². The first-order valence-corrected chi connectivity index (χ1v) is 7.88. The number of piperidine rings is 1. The molecule has 1 aromatic rings. The number of carbonyl (C=O) groups excluding carboxylic acids is 1. The second-order valence-corrected chi connectivity index (χ2v) is 6.65. The molecule has 3 heteroatoms. The van der Waals surface area contributed by atoms with Crippen molar-refractivity contribution >= 4 is 5.78 Å². The number of rotatable bonds is 4. The van der Waals surface area contributed by atoms with Gasteiger partial charge in [0.05, 0.1) is 6.54 Å². The van der Waals surface area contributed by atoms with E-state index in [1.807, 2.05) is 13.8 Å². The maximum atomic E-state index is 12.7. The third kappa shape index (κ3) is 3.92. The Bertz CT molecular complexity index is 493. The van der Waals surface area contributed by atoms with Crippen LogP contribution in [0.4, 0.5) is 0 Å². The van der Waals surface area contributed by atoms with Crippen LogP contribution in [0.3, 0.4) is 0 Å². The van der Waals surface area contributed by atoms with Gasteiger partial charge in [0.15, 0.2) is 5.78 Å². The van der Waals surface area contributed by atoms with Crippen LogP contribution in [-0.4, -0.2) is 55.4 Å². The monoisotopic (exact) mass is 288 g/mol. The van der Waals surface area contributed by atoms with Gasteiger partial charge >= 0.3 is 0 Å². The molecule has 3 nitrogen and oxygen atoms in total. The number of nitrogens with zero attached hydrogens (tertiary/aromatic N) is 2. The number of likely N-dealkylation sites (tertiary alicyclic amines) is 1. The fourth-order valence-corrected chi connectivity index (χ4v) is 3.49. The summed E-state index contributed by atoms with van der Waals surface area (Å²) in [4.78, 5) is 17.3. The van der Waals surface area contributed by atoms with Crippen LogP contribution in [0.25, 0.3) is 0 Å². The predicted octanol–water partition coefficient (Wildman–Crippen LogP) is 2.82. The summed E-state index contributed by atoms with van der Waals surface area (Å²) in [5, 5.41) is 0. The molecule has 0 amide bonds. The summed E-state index contributed by atoms with van der Waals surface area (Å²) in [5.41, 5.74) is 4.36. The lowest BCUT2D eigenvalue weighted by molar-refractivity contribution is 0.0870. The highest BCUT2D eigenvalue weighted by Gasteiger charge is 2.23. The third-order valence-corrected chi connectivity index (χ3v) is 4.66. The van der Waals surface area contributed by atoms with Crippen LogP contribution in [0.2, 0.25) is 0 Å². The van der Waals surface area contributed by atoms with Crippen LogP contribution < -0.4 is 0 Å². The molecule has 1 aliphatic rings. The summed E-state index contributed by atoms with van der Waals surface area (Å²) in [6.07, 6.45) is 2.32. The Labute approximate surface area is 128 Å². The molecule has 0 aromatic heterocycles. The summed E-state index contributed by atoms with van der Waals surface area (Å²) >= 11 is 0. The minimum absolute atomic E-state index is 0.256. The molecule has 0 saturated carbocycles. The van der Waals surface area contributed by atoms with Gasteiger partial charge in [0.25, 0.3) is 0 Å². The maximum Gasteiger partial charge on any atom is 0.177 e. The molecule has 0 bridgehead atoms. The number of benzene rings is 1. The van der Waals surface area contributed by atoms with Crippen molar-refractivity contribution in [3.05, 3.63) is 34.4 Å². The highest BCUT2D eigenvalue weighted by Crippen LogP contribution is 2.19. The Kier molecular flexibility index (Phi) is 5.17. The van der Waals surface area contributed by atoms with Crippen LogP contribution in [0.1, 0.15) is 39.9 Å². The van der Waals surface area contributed by atoms with E-state index in [1.165, 1.54) is 5.56 Å². The Morgan fingerprint density at radius 3 is 2.24 bits per heavy atom. The van der Waals surface area contributed by atoms with E-state index in [4.69, 9.17) is 0 Å². The quantitative estimate of drug-likeness (QED) is 0.796. The smallest absolute Gasteiger partial charge is 0.177 e. The van der Waals surface area contributed by atoms with Crippen LogP contribution in [0.5, 0.6) is 0 Å². The van der Waals surface area contributed by atoms with Gasteiger partial charge in [0.2, 0.25) is 0 Å². The molecule has 1 heterocycles. The van der Waals surface area contributed by atoms with Crippen molar-refractivity contribution in [1.82, 2.24) is 9.80 Å². The lowest BCUT2D eigenvalue weighted by atomic mass is 9.95. The van der Waals surface area contributed by atoms with Gasteiger partial charge in [-0.05, 0) is 71.9 Å². The lowest BCUT2D eigenvalue weighted by Crippen LogP contribution is -2.43. The number of hydrogen-bond donors (Lipinski definition) is 0. The van der Waals surface area contributed by atoms with Gasteiger partial charge in [-0.15, -0.1) is 0 Å². The molecular weight excluding hydrogens is 260 g/mol. The van der Waals surface area contributed by atoms with Crippen LogP contribution in [0.15, 0.2) is 12.1 Å². The molecule has 1 fully saturated rings. The van der Waals surface area contributed by atoms with Crippen LogP contribution in [0, 0.1) is 20.8 Å². The third-order valence-electron chi connectivity index (χ3n) is 4.66. The largest absolute Gasteiger partial charge is 0.306 e. The zero-order valence-corrected chi connectivity index (χ0v) is 14.1. The molecular formula is C18H28N2O. The molecule has 0 N–H and O–H groups in total. The Balaban J connectivity index is 2.04. The zero-order valence-electron chi connectivity index (χ0n) is 14.1. The van der Waals surface area contributed by atoms with E-state index in [1.54, 1.807) is 0 Å². The molecule has 0 radical (unpaired) electrons. The number of aryl methyl sites for hydroxylation is 3. The average Bonchev–Trinajstić information content (AvgIpc) is 2.37. The normalized spacial score (nSPS) is 17.4. The molecule has 0 unspecified atom stereocenters. The number of hydrogen-bond acceptors (Lipinski definition) is 3. The number of likely N-dealkylation sites (N-methyl/N-ethyl adjacent to an activating group) is 1. The summed E-state index contributed by atoms with van der Waals surface area (Å²) in [6, 6.07) is 4.75. The van der Waals surface area contributed by atoms with E-state index in [-0.39, 0.29) is 5.78 Å². The Morgan fingerprint density at radius 1 is 1.19 bits per heavy atom. The molecule has 1 saturated heterocycles. The number of ketones is 1. The first-order chi connectivity index (χ1) is 9.88. The molecule has 116 valence electrons. The van der Waals surface area contributed by atoms with Crippen molar-refractivity contribution in [1.29, 1.82) is 0 Å². The van der Waals surface area contributed by atoms with E-state index >= 15 is 0 Å². The predicted molar refractivity (Wildman–Crippen MR) is 88.1 cm³/mol. The van der Waals surface area contributed by atoms with Crippen LogP contribution in [-0.2, 0) is 0 Å². The van der Waals surface area contributed by atoms with Crippen LogP contribution >= 0.6 is 0 Å². The molecule has 2 rings (SSSR count). The summed E-state index contributed by atoms with van der Waals surface area (Å²) < 4.78 is 0. The minimum atomic E-state index is 0.256. The molecule has 1 aromatic carbocycles. The van der Waals surface area contributed by atoms with Gasteiger partial charge in [-0.1, -0.05) is 17.7 Å². The standard InChI is InChI=1S/C18H28N2O/c1-13-10-14(2)18(15(3)11-13)17(21)12-20(5)16-6-8-19(4)9-7-16/h10-11,16H,6-9,12H2,1-5H3. The van der Waals surface area contributed by atoms with Gasteiger partial charge in [0, 0.05) is 11.6 Å². The second kappa shape index (κ2) is 6.71. The number of Topliss-reactive ketones (excluding diaryl/α,β-unsaturated/α-hetero) is 1. The SMILES string of the molecule is Cc1cc(C)c(C(=O)CN(C)C2CCN(C)CC2)c(C)c1. The van der Waals surface area contributed by atoms with Crippen molar-refractivity contribution in [2.24, 2.45) is 0 Å². The van der Waals surface area contributed by atoms with Crippen molar-refractivity contribution in [3.8, 4) is 0 Å². The maximum absolute atomic E-state index is 12.7. The van der Waals surface area contributed by atoms with Crippen molar-refractivity contribution < 1.29 is 4.79 Å². The van der Waals surface area contributed by atoms with Gasteiger partial charge in [0.1, 0.15) is 0 Å². The minimum Gasteiger partial charge on any atom is -0.306 e. The lowest BCUT2D eigenvalue weighted by Gasteiger charge is -2.34. The van der Waals surface area contributed by atoms with E-state index in [0.717, 1.165) is 42.6 Å². The molecule has 0 aliphatic carbocycles. The van der Waals surface area contributed by atoms with E-state index in [2.05, 4.69) is 43.0 Å². The van der Waals surface area contributed by atoms with Gasteiger partial charge in [-0.2, -0.15) is 0 Å². The first kappa shape index (κ1) is 16.2. The molecule has 21 heavy (non-hydrogen) atoms. The Morgan fingerprint density at radius 2 is 1.71 bits per heavy atom. The van der Waals surface area contributed by atoms with E-state index < -0.39 is 0 Å². The topological polar surface area (TPSA) is 23.6 Å². The molecule has 0 atom stereocenters. The first-order valence-electron chi connectivity index (χ1n) is 7.88. The molecule has 0 spiro atoms. The molecule has 1 aliphatic heterocycles. The second-order valence-electron chi connectivity index (χ2n) is 6.65. The highest BCUT2D eigenvalue weighted by molar-refractivity contribution is 6.00. The van der Waals surface area contributed by atoms with Gasteiger partial charge < -0.3 is 4.90 Å². The number of carbonyl (C=O) groups is 1. The summed E-state index contributed by atoms with van der Waals surface area (Å²) in [6.45, 7) is 8.96. The highest BCUT2D eigenvalue weighted by atomic mass is 16.1. The average molecular weight is 288 g/mol. The van der Waals surface area contributed by atoms with Crippen molar-refractivity contribution in [2.75, 3.05) is 33.7 Å². The zero-order chi connectivity index (χ0) is 15.6. The van der Waals surface area contributed by atoms with Crippen molar-refractivity contribution in [2.45, 2.75) is 39.7 Å². The van der Waals surface area contributed by atoms with Crippen molar-refractivity contribution in [3.63, 3.8) is 0 Å². The summed E-state index contributed by atoms with van der Waals surface area (Å²) in [7, 11) is 4.26. The van der Waals surface area contributed by atoms with E-state index in [0.29, 0.717) is 12.6 Å². The Hall–Kier alpha value is -1.19. The van der Waals surface area contributed by atoms with Gasteiger partial charge in [-0.25, -0.2) is 0 Å².